The highest BCUT2D eigenvalue weighted by Crippen LogP contribution is 2.21. The molecule has 1 nitrogen and oxygen atoms in total. The standard InChI is InChI=1S/C13H20FNS/c1-2-3-4-8-11-13(16-14)15-12-9-6-5-7-10-12/h5-7,9-10,13,15H,2-4,8,11H2,1H3. The van der Waals surface area contributed by atoms with Crippen LogP contribution in [0.5, 0.6) is 0 Å². The van der Waals surface area contributed by atoms with Gasteiger partial charge >= 0.3 is 0 Å². The van der Waals surface area contributed by atoms with Crippen LogP contribution in [0.1, 0.15) is 39.0 Å². The molecule has 0 amide bonds. The topological polar surface area (TPSA) is 12.0 Å². The van der Waals surface area contributed by atoms with Crippen molar-refractivity contribution in [3.05, 3.63) is 30.3 Å². The Morgan fingerprint density at radius 3 is 2.56 bits per heavy atom. The van der Waals surface area contributed by atoms with E-state index in [0.717, 1.165) is 18.5 Å². The van der Waals surface area contributed by atoms with Gasteiger partial charge in [0.1, 0.15) is 5.37 Å². The van der Waals surface area contributed by atoms with Crippen LogP contribution in [0.25, 0.3) is 0 Å². The number of hydrogen-bond acceptors (Lipinski definition) is 2. The van der Waals surface area contributed by atoms with Crippen molar-refractivity contribution in [2.24, 2.45) is 0 Å². The maximum atomic E-state index is 12.7. The number of halogens is 1. The molecule has 0 fully saturated rings. The lowest BCUT2D eigenvalue weighted by molar-refractivity contribution is 0.630. The summed E-state index contributed by atoms with van der Waals surface area (Å²) < 4.78 is 12.7. The van der Waals surface area contributed by atoms with Gasteiger partial charge in [0.15, 0.2) is 0 Å². The molecule has 0 aliphatic heterocycles. The number of rotatable bonds is 8. The molecule has 1 aromatic carbocycles. The Labute approximate surface area is 102 Å². The van der Waals surface area contributed by atoms with Crippen molar-refractivity contribution >= 4 is 17.8 Å². The Balaban J connectivity index is 2.26. The quantitative estimate of drug-likeness (QED) is 0.507. The van der Waals surface area contributed by atoms with Gasteiger partial charge in [-0.2, -0.15) is 3.89 Å². The second kappa shape index (κ2) is 8.45. The molecule has 1 aromatic rings. The van der Waals surface area contributed by atoms with Crippen LogP contribution in [0, 0.1) is 0 Å². The molecule has 16 heavy (non-hydrogen) atoms. The Morgan fingerprint density at radius 2 is 1.94 bits per heavy atom. The molecule has 0 saturated heterocycles. The first-order valence-corrected chi connectivity index (χ1v) is 6.73. The minimum absolute atomic E-state index is 0.112. The lowest BCUT2D eigenvalue weighted by Crippen LogP contribution is -2.13. The number of anilines is 1. The number of nitrogens with one attached hydrogen (secondary N) is 1. The van der Waals surface area contributed by atoms with E-state index < -0.39 is 0 Å². The Hall–Kier alpha value is -0.700. The summed E-state index contributed by atoms with van der Waals surface area (Å²) in [6.45, 7) is 2.18. The highest BCUT2D eigenvalue weighted by molar-refractivity contribution is 7.95. The third kappa shape index (κ3) is 5.40. The van der Waals surface area contributed by atoms with Crippen molar-refractivity contribution in [2.75, 3.05) is 5.32 Å². The highest BCUT2D eigenvalue weighted by atomic mass is 32.2. The molecule has 0 aliphatic carbocycles. The van der Waals surface area contributed by atoms with Crippen molar-refractivity contribution in [1.29, 1.82) is 0 Å². The highest BCUT2D eigenvalue weighted by Gasteiger charge is 2.08. The molecule has 1 rings (SSSR count). The van der Waals surface area contributed by atoms with Gasteiger partial charge in [-0.1, -0.05) is 50.8 Å². The van der Waals surface area contributed by atoms with Gasteiger partial charge in [-0.25, -0.2) is 0 Å². The lowest BCUT2D eigenvalue weighted by atomic mass is 10.1. The molecule has 3 heteroatoms. The maximum Gasteiger partial charge on any atom is 0.104 e. The van der Waals surface area contributed by atoms with Crippen LogP contribution in [-0.4, -0.2) is 5.37 Å². The van der Waals surface area contributed by atoms with Crippen molar-refractivity contribution in [2.45, 2.75) is 44.4 Å². The van der Waals surface area contributed by atoms with Crippen LogP contribution in [0.3, 0.4) is 0 Å². The van der Waals surface area contributed by atoms with Crippen molar-refractivity contribution in [3.8, 4) is 0 Å². The summed E-state index contributed by atoms with van der Waals surface area (Å²) in [5.41, 5.74) is 0.994. The zero-order valence-corrected chi connectivity index (χ0v) is 10.6. The number of unbranched alkanes of at least 4 members (excludes halogenated alkanes) is 3. The Morgan fingerprint density at radius 1 is 1.19 bits per heavy atom. The first kappa shape index (κ1) is 13.4. The predicted octanol–water partition coefficient (Wildman–Crippen LogP) is 5.01. The van der Waals surface area contributed by atoms with Crippen LogP contribution in [-0.2, 0) is 0 Å². The second-order valence-corrected chi connectivity index (χ2v) is 4.68. The van der Waals surface area contributed by atoms with E-state index in [2.05, 4.69) is 12.2 Å². The molecule has 0 spiro atoms. The third-order valence-corrected chi connectivity index (χ3v) is 3.10. The van der Waals surface area contributed by atoms with Crippen LogP contribution < -0.4 is 5.32 Å². The molecule has 1 N–H and O–H groups in total. The molecule has 0 radical (unpaired) electrons. The van der Waals surface area contributed by atoms with E-state index in [1.165, 1.54) is 19.3 Å². The SMILES string of the molecule is CCCCCCC(Nc1ccccc1)SF. The van der Waals surface area contributed by atoms with Crippen LogP contribution in [0.2, 0.25) is 0 Å². The summed E-state index contributed by atoms with van der Waals surface area (Å²) in [6, 6.07) is 9.81. The van der Waals surface area contributed by atoms with Gasteiger partial charge in [0.05, 0.1) is 12.1 Å². The largest absolute Gasteiger partial charge is 0.371 e. The molecule has 0 aliphatic rings. The molecule has 1 unspecified atom stereocenters. The third-order valence-electron chi connectivity index (χ3n) is 2.53. The molecule has 0 bridgehead atoms. The smallest absolute Gasteiger partial charge is 0.104 e. The molecule has 1 atom stereocenters. The minimum atomic E-state index is -0.112. The van der Waals surface area contributed by atoms with E-state index in [-0.39, 0.29) is 5.37 Å². The van der Waals surface area contributed by atoms with Crippen LogP contribution >= 0.6 is 12.1 Å². The number of hydrogen-bond donors (Lipinski definition) is 1. The Bertz CT molecular complexity index is 266. The monoisotopic (exact) mass is 241 g/mol. The normalized spacial score (nSPS) is 12.4. The minimum Gasteiger partial charge on any atom is -0.371 e. The van der Waals surface area contributed by atoms with E-state index in [4.69, 9.17) is 0 Å². The maximum absolute atomic E-state index is 12.7. The lowest BCUT2D eigenvalue weighted by Gasteiger charge is -2.15. The zero-order chi connectivity index (χ0) is 11.6. The van der Waals surface area contributed by atoms with Crippen molar-refractivity contribution < 1.29 is 3.89 Å². The van der Waals surface area contributed by atoms with Crippen molar-refractivity contribution in [3.63, 3.8) is 0 Å². The van der Waals surface area contributed by atoms with E-state index in [1.54, 1.807) is 0 Å². The van der Waals surface area contributed by atoms with E-state index in [0.29, 0.717) is 12.1 Å². The second-order valence-electron chi connectivity index (χ2n) is 3.94. The average molecular weight is 241 g/mol. The molecule has 90 valence electrons. The molecule has 0 saturated carbocycles. The summed E-state index contributed by atoms with van der Waals surface area (Å²) in [5, 5.41) is 3.08. The fourth-order valence-corrected chi connectivity index (χ4v) is 2.05. The van der Waals surface area contributed by atoms with Crippen LogP contribution in [0.15, 0.2) is 30.3 Å². The molecular formula is C13H20FNS. The number of benzene rings is 1. The summed E-state index contributed by atoms with van der Waals surface area (Å²) in [7, 11) is 0. The van der Waals surface area contributed by atoms with Gasteiger partial charge in [0.2, 0.25) is 0 Å². The van der Waals surface area contributed by atoms with Gasteiger partial charge < -0.3 is 5.32 Å². The van der Waals surface area contributed by atoms with Gasteiger partial charge in [-0.05, 0) is 18.6 Å². The van der Waals surface area contributed by atoms with Gasteiger partial charge in [-0.15, -0.1) is 0 Å². The van der Waals surface area contributed by atoms with Gasteiger partial charge in [0, 0.05) is 5.69 Å². The fraction of sp³-hybridized carbons (Fsp3) is 0.538. The first-order valence-electron chi connectivity index (χ1n) is 5.95. The number of para-hydroxylation sites is 1. The summed E-state index contributed by atoms with van der Waals surface area (Å²) in [6.07, 6.45) is 5.64. The van der Waals surface area contributed by atoms with Gasteiger partial charge in [0.25, 0.3) is 0 Å². The average Bonchev–Trinajstić information content (AvgIpc) is 2.34. The van der Waals surface area contributed by atoms with Gasteiger partial charge in [-0.3, -0.25) is 0 Å². The van der Waals surface area contributed by atoms with E-state index >= 15 is 0 Å². The zero-order valence-electron chi connectivity index (χ0n) is 9.79. The molecule has 0 aromatic heterocycles. The summed E-state index contributed by atoms with van der Waals surface area (Å²) in [5.74, 6) is 0. The molecule has 0 heterocycles. The van der Waals surface area contributed by atoms with Crippen LogP contribution in [0.4, 0.5) is 9.57 Å². The summed E-state index contributed by atoms with van der Waals surface area (Å²) in [4.78, 5) is 0. The first-order chi connectivity index (χ1) is 7.86. The fourth-order valence-electron chi connectivity index (χ4n) is 1.62. The predicted molar refractivity (Wildman–Crippen MR) is 71.3 cm³/mol. The Kier molecular flexibility index (Phi) is 7.06. The van der Waals surface area contributed by atoms with E-state index in [1.807, 2.05) is 30.3 Å². The van der Waals surface area contributed by atoms with Crippen molar-refractivity contribution in [1.82, 2.24) is 0 Å². The summed E-state index contributed by atoms with van der Waals surface area (Å²) >= 11 is 0.412. The van der Waals surface area contributed by atoms with E-state index in [9.17, 15) is 3.89 Å². The molecular weight excluding hydrogens is 221 g/mol.